The van der Waals surface area contributed by atoms with Gasteiger partial charge in [-0.3, -0.25) is 10.2 Å². The summed E-state index contributed by atoms with van der Waals surface area (Å²) in [4.78, 5) is 33.2. The summed E-state index contributed by atoms with van der Waals surface area (Å²) >= 11 is 0. The van der Waals surface area contributed by atoms with Gasteiger partial charge in [-0.05, 0) is 31.2 Å². The van der Waals surface area contributed by atoms with E-state index in [0.29, 0.717) is 29.9 Å². The molecule has 182 valence electrons. The van der Waals surface area contributed by atoms with Gasteiger partial charge in [0.2, 0.25) is 0 Å². The standard InChI is InChI=1S/C26H29N5O4/c1-3-26(34)20-12-22-23-18(14-31(22)24(32)19(20)15-35-25(26)33)17(16-6-4-5-7-21(16)28-23)13-27-30-10-8-29(2)9-11-30/h4-7,12,27,34H,3,8-11,13-15H2,1-2H3/t26-/m0/s1. The zero-order chi connectivity index (χ0) is 24.3. The minimum atomic E-state index is -1.83. The van der Waals surface area contributed by atoms with Gasteiger partial charge >= 0.3 is 5.97 Å². The van der Waals surface area contributed by atoms with Crippen LogP contribution in [-0.4, -0.2) is 63.8 Å². The minimum Gasteiger partial charge on any atom is -0.458 e. The summed E-state index contributed by atoms with van der Waals surface area (Å²) in [6.45, 7) is 6.51. The zero-order valence-corrected chi connectivity index (χ0v) is 20.0. The molecule has 0 bridgehead atoms. The summed E-state index contributed by atoms with van der Waals surface area (Å²) in [6, 6.07) is 9.79. The number of esters is 1. The number of nitrogens with zero attached hydrogens (tertiary/aromatic N) is 4. The van der Waals surface area contributed by atoms with Gasteiger partial charge in [0.05, 0.1) is 29.0 Å². The number of hydrogen-bond acceptors (Lipinski definition) is 8. The number of pyridine rings is 2. The molecule has 2 aromatic heterocycles. The quantitative estimate of drug-likeness (QED) is 0.427. The number of ether oxygens (including phenoxy) is 1. The fourth-order valence-corrected chi connectivity index (χ4v) is 5.47. The van der Waals surface area contributed by atoms with E-state index in [4.69, 9.17) is 9.72 Å². The third-order valence-corrected chi connectivity index (χ3v) is 7.70. The Balaban J connectivity index is 1.47. The van der Waals surface area contributed by atoms with Crippen molar-refractivity contribution >= 4 is 16.9 Å². The van der Waals surface area contributed by atoms with E-state index >= 15 is 0 Å². The van der Waals surface area contributed by atoms with Gasteiger partial charge in [0.25, 0.3) is 5.56 Å². The number of piperazine rings is 1. The smallest absolute Gasteiger partial charge is 0.343 e. The Morgan fingerprint density at radius 3 is 2.69 bits per heavy atom. The molecule has 1 fully saturated rings. The van der Waals surface area contributed by atoms with E-state index in [0.717, 1.165) is 53.9 Å². The molecule has 35 heavy (non-hydrogen) atoms. The van der Waals surface area contributed by atoms with Crippen LogP contribution in [0.25, 0.3) is 22.3 Å². The summed E-state index contributed by atoms with van der Waals surface area (Å²) in [5, 5.41) is 14.4. The van der Waals surface area contributed by atoms with Crippen LogP contribution in [0.1, 0.15) is 35.6 Å². The number of carbonyl (C=O) groups excluding carboxylic acids is 1. The van der Waals surface area contributed by atoms with Crippen LogP contribution in [0.4, 0.5) is 0 Å². The van der Waals surface area contributed by atoms with Gasteiger partial charge in [-0.25, -0.2) is 14.8 Å². The van der Waals surface area contributed by atoms with Crippen molar-refractivity contribution in [3.8, 4) is 11.4 Å². The Morgan fingerprint density at radius 1 is 1.14 bits per heavy atom. The molecule has 2 N–H and O–H groups in total. The maximum absolute atomic E-state index is 13.5. The first-order chi connectivity index (χ1) is 16.9. The lowest BCUT2D eigenvalue weighted by molar-refractivity contribution is -0.172. The lowest BCUT2D eigenvalue weighted by Gasteiger charge is -2.33. The molecule has 1 saturated heterocycles. The molecule has 9 nitrogen and oxygen atoms in total. The van der Waals surface area contributed by atoms with E-state index in [1.807, 2.05) is 18.2 Å². The van der Waals surface area contributed by atoms with Gasteiger partial charge in [-0.15, -0.1) is 0 Å². The highest BCUT2D eigenvalue weighted by molar-refractivity contribution is 5.89. The molecule has 3 aromatic rings. The van der Waals surface area contributed by atoms with E-state index in [2.05, 4.69) is 28.4 Å². The number of benzene rings is 1. The Kier molecular flexibility index (Phi) is 5.26. The van der Waals surface area contributed by atoms with E-state index in [-0.39, 0.29) is 18.6 Å². The van der Waals surface area contributed by atoms with E-state index in [1.165, 1.54) is 0 Å². The van der Waals surface area contributed by atoms with Crippen molar-refractivity contribution in [2.24, 2.45) is 0 Å². The minimum absolute atomic E-state index is 0.125. The van der Waals surface area contributed by atoms with Crippen LogP contribution in [0, 0.1) is 0 Å². The van der Waals surface area contributed by atoms with Crippen molar-refractivity contribution in [1.82, 2.24) is 24.9 Å². The van der Waals surface area contributed by atoms with E-state index < -0.39 is 11.6 Å². The van der Waals surface area contributed by atoms with Gasteiger partial charge in [-0.1, -0.05) is 25.1 Å². The second-order valence-corrected chi connectivity index (χ2v) is 9.66. The first kappa shape index (κ1) is 22.4. The van der Waals surface area contributed by atoms with Gasteiger partial charge in [-0.2, -0.15) is 0 Å². The monoisotopic (exact) mass is 475 g/mol. The first-order valence-electron chi connectivity index (χ1n) is 12.2. The molecule has 6 rings (SSSR count). The fraction of sp³-hybridized carbons (Fsp3) is 0.423. The summed E-state index contributed by atoms with van der Waals surface area (Å²) in [6.07, 6.45) is 0.125. The van der Waals surface area contributed by atoms with Gasteiger partial charge in [0.15, 0.2) is 5.60 Å². The topological polar surface area (TPSA) is 99.9 Å². The number of para-hydroxylation sites is 1. The van der Waals surface area contributed by atoms with Crippen molar-refractivity contribution in [3.63, 3.8) is 0 Å². The predicted octanol–water partition coefficient (Wildman–Crippen LogP) is 1.33. The van der Waals surface area contributed by atoms with Crippen LogP contribution in [0.5, 0.6) is 0 Å². The van der Waals surface area contributed by atoms with Crippen molar-refractivity contribution in [3.05, 3.63) is 62.9 Å². The molecular formula is C26H29N5O4. The number of carbonyl (C=O) groups is 1. The second-order valence-electron chi connectivity index (χ2n) is 9.66. The second kappa shape index (κ2) is 8.23. The van der Waals surface area contributed by atoms with Crippen LogP contribution in [0.3, 0.4) is 0 Å². The molecule has 0 saturated carbocycles. The Morgan fingerprint density at radius 2 is 1.91 bits per heavy atom. The molecule has 0 unspecified atom stereocenters. The van der Waals surface area contributed by atoms with Crippen molar-refractivity contribution in [2.45, 2.75) is 38.6 Å². The summed E-state index contributed by atoms with van der Waals surface area (Å²) in [7, 11) is 2.13. The molecule has 5 heterocycles. The Labute approximate surface area is 202 Å². The SMILES string of the molecule is CC[C@@]1(O)C(=O)OCc2c1cc1n(c2=O)Cc2c-1nc1ccccc1c2CNN1CCN(C)CC1. The van der Waals surface area contributed by atoms with E-state index in [1.54, 1.807) is 17.6 Å². The maximum Gasteiger partial charge on any atom is 0.343 e. The van der Waals surface area contributed by atoms with Crippen LogP contribution < -0.4 is 11.0 Å². The number of aromatic nitrogens is 2. The summed E-state index contributed by atoms with van der Waals surface area (Å²) in [5.41, 5.74) is 6.54. The Bertz CT molecular complexity index is 1410. The van der Waals surface area contributed by atoms with Crippen LogP contribution in [0.15, 0.2) is 35.1 Å². The molecular weight excluding hydrogens is 446 g/mol. The average Bonchev–Trinajstić information content (AvgIpc) is 3.24. The van der Waals surface area contributed by atoms with Crippen molar-refractivity contribution < 1.29 is 14.6 Å². The molecule has 0 amide bonds. The van der Waals surface area contributed by atoms with E-state index in [9.17, 15) is 14.7 Å². The van der Waals surface area contributed by atoms with Crippen LogP contribution >= 0.6 is 0 Å². The van der Waals surface area contributed by atoms with Crippen molar-refractivity contribution in [2.75, 3.05) is 33.2 Å². The normalized spacial score (nSPS) is 22.1. The number of hydrogen-bond donors (Lipinski definition) is 2. The third kappa shape index (κ3) is 3.41. The average molecular weight is 476 g/mol. The summed E-state index contributed by atoms with van der Waals surface area (Å²) in [5.74, 6) is -0.710. The molecule has 3 aliphatic heterocycles. The number of nitrogens with one attached hydrogen (secondary N) is 1. The highest BCUT2D eigenvalue weighted by Crippen LogP contribution is 2.40. The van der Waals surface area contributed by atoms with Gasteiger partial charge in [0.1, 0.15) is 6.61 Å². The number of aliphatic hydroxyl groups is 1. The lowest BCUT2D eigenvalue weighted by Crippen LogP contribution is -2.50. The lowest BCUT2D eigenvalue weighted by atomic mass is 9.86. The van der Waals surface area contributed by atoms with Crippen molar-refractivity contribution in [1.29, 1.82) is 0 Å². The molecule has 1 atom stereocenters. The maximum atomic E-state index is 13.5. The molecule has 3 aliphatic rings. The highest BCUT2D eigenvalue weighted by atomic mass is 16.6. The number of hydrazine groups is 1. The highest BCUT2D eigenvalue weighted by Gasteiger charge is 2.45. The molecule has 1 aromatic carbocycles. The van der Waals surface area contributed by atoms with Crippen LogP contribution in [-0.2, 0) is 34.8 Å². The van der Waals surface area contributed by atoms with Gasteiger partial charge < -0.3 is 19.3 Å². The third-order valence-electron chi connectivity index (χ3n) is 7.70. The molecule has 0 spiro atoms. The fourth-order valence-electron chi connectivity index (χ4n) is 5.47. The predicted molar refractivity (Wildman–Crippen MR) is 130 cm³/mol. The largest absolute Gasteiger partial charge is 0.458 e. The Hall–Kier alpha value is -3.11. The number of cyclic esters (lactones) is 1. The molecule has 9 heteroatoms. The molecule has 0 aliphatic carbocycles. The molecule has 0 radical (unpaired) electrons. The zero-order valence-electron chi connectivity index (χ0n) is 20.0. The number of fused-ring (bicyclic) bond motifs is 5. The van der Waals surface area contributed by atoms with Gasteiger partial charge in [0, 0.05) is 49.2 Å². The number of likely N-dealkylation sites (N-methyl/N-ethyl adjacent to an activating group) is 1. The van der Waals surface area contributed by atoms with Crippen LogP contribution in [0.2, 0.25) is 0 Å². The first-order valence-corrected chi connectivity index (χ1v) is 12.2. The summed E-state index contributed by atoms with van der Waals surface area (Å²) < 4.78 is 6.89. The number of rotatable bonds is 4.